The van der Waals surface area contributed by atoms with Crippen LogP contribution in [-0.2, 0) is 33.3 Å². The van der Waals surface area contributed by atoms with E-state index in [0.29, 0.717) is 6.42 Å². The second-order valence-electron chi connectivity index (χ2n) is 6.01. The Hall–Kier alpha value is -2.05. The van der Waals surface area contributed by atoms with Gasteiger partial charge in [0, 0.05) is 19.3 Å². The van der Waals surface area contributed by atoms with E-state index >= 15 is 0 Å². The molecule has 0 unspecified atom stereocenters. The molecule has 1 saturated heterocycles. The maximum absolute atomic E-state index is 12.4. The Labute approximate surface area is 134 Å². The minimum atomic E-state index is -1.20. The first-order chi connectivity index (χ1) is 10.8. The predicted octanol–water partition coefficient (Wildman–Crippen LogP) is 1.56. The fourth-order valence-corrected chi connectivity index (χ4v) is 3.18. The van der Waals surface area contributed by atoms with Gasteiger partial charge < -0.3 is 18.9 Å². The largest absolute Gasteiger partial charge is 0.465 e. The van der Waals surface area contributed by atoms with E-state index in [1.165, 1.54) is 6.92 Å². The Morgan fingerprint density at radius 3 is 2.61 bits per heavy atom. The van der Waals surface area contributed by atoms with Crippen molar-refractivity contribution in [2.45, 2.75) is 40.4 Å². The molecule has 0 bridgehead atoms. The molecule has 2 heterocycles. The van der Waals surface area contributed by atoms with Crippen LogP contribution in [0.5, 0.6) is 0 Å². The fourth-order valence-electron chi connectivity index (χ4n) is 3.18. The number of esters is 3. The van der Waals surface area contributed by atoms with Crippen molar-refractivity contribution in [3.8, 4) is 0 Å². The average Bonchev–Trinajstić information content (AvgIpc) is 2.83. The molecule has 1 fully saturated rings. The molecule has 7 nitrogen and oxygen atoms in total. The molecular weight excluding hydrogens is 304 g/mol. The number of hydrogen-bond donors (Lipinski definition) is 0. The number of carbonyl (C=O) groups is 3. The molecular formula is C16H22O7. The maximum atomic E-state index is 12.4. The molecule has 0 radical (unpaired) electrons. The predicted molar refractivity (Wildman–Crippen MR) is 77.7 cm³/mol. The Balaban J connectivity index is 2.47. The van der Waals surface area contributed by atoms with E-state index in [4.69, 9.17) is 18.9 Å². The standard InChI is InChI=1S/C16H22O7/c1-5-20-13(18)12-8-11(9(2)3)16(6-7-21-14(16)19)15(23-12)22-10(4)17/h8-9,11,15H,5-7H2,1-4H3/t11-,15-,16+/m0/s1. The summed E-state index contributed by atoms with van der Waals surface area (Å²) in [6, 6.07) is 0. The summed E-state index contributed by atoms with van der Waals surface area (Å²) in [6.07, 6.45) is 0.751. The molecule has 0 aliphatic carbocycles. The van der Waals surface area contributed by atoms with Gasteiger partial charge >= 0.3 is 17.9 Å². The Morgan fingerprint density at radius 1 is 1.43 bits per heavy atom. The van der Waals surface area contributed by atoms with Crippen LogP contribution in [0.25, 0.3) is 0 Å². The number of ether oxygens (including phenoxy) is 4. The van der Waals surface area contributed by atoms with E-state index in [1.54, 1.807) is 13.0 Å². The van der Waals surface area contributed by atoms with Crippen molar-refractivity contribution < 1.29 is 33.3 Å². The fraction of sp³-hybridized carbons (Fsp3) is 0.688. The number of carbonyl (C=O) groups excluding carboxylic acids is 3. The molecule has 1 spiro atoms. The van der Waals surface area contributed by atoms with E-state index in [2.05, 4.69) is 0 Å². The molecule has 0 amide bonds. The highest BCUT2D eigenvalue weighted by Gasteiger charge is 2.62. The summed E-state index contributed by atoms with van der Waals surface area (Å²) in [5.74, 6) is -2.11. The topological polar surface area (TPSA) is 88.1 Å². The van der Waals surface area contributed by atoms with Crippen LogP contribution in [0.4, 0.5) is 0 Å². The third-order valence-corrected chi connectivity index (χ3v) is 4.18. The van der Waals surface area contributed by atoms with E-state index < -0.39 is 29.6 Å². The Kier molecular flexibility index (Phi) is 4.97. The zero-order valence-corrected chi connectivity index (χ0v) is 13.8. The lowest BCUT2D eigenvalue weighted by atomic mass is 9.67. The van der Waals surface area contributed by atoms with Crippen LogP contribution < -0.4 is 0 Å². The first-order valence-corrected chi connectivity index (χ1v) is 7.73. The molecule has 0 saturated carbocycles. The van der Waals surface area contributed by atoms with Crippen LogP contribution in [0.2, 0.25) is 0 Å². The van der Waals surface area contributed by atoms with Gasteiger partial charge in [0.15, 0.2) is 5.41 Å². The number of allylic oxidation sites excluding steroid dienone is 1. The smallest absolute Gasteiger partial charge is 0.373 e. The van der Waals surface area contributed by atoms with Gasteiger partial charge in [-0.3, -0.25) is 9.59 Å². The number of hydrogen-bond acceptors (Lipinski definition) is 7. The van der Waals surface area contributed by atoms with Gasteiger partial charge in [-0.1, -0.05) is 13.8 Å². The lowest BCUT2D eigenvalue weighted by molar-refractivity contribution is -0.218. The minimum Gasteiger partial charge on any atom is -0.465 e. The molecule has 0 aromatic rings. The molecule has 0 aromatic carbocycles. The second-order valence-corrected chi connectivity index (χ2v) is 6.01. The highest BCUT2D eigenvalue weighted by Crippen LogP contribution is 2.50. The van der Waals surface area contributed by atoms with Gasteiger partial charge in [0.1, 0.15) is 0 Å². The first-order valence-electron chi connectivity index (χ1n) is 7.73. The van der Waals surface area contributed by atoms with Crippen LogP contribution in [0.3, 0.4) is 0 Å². The van der Waals surface area contributed by atoms with E-state index in [1.807, 2.05) is 13.8 Å². The van der Waals surface area contributed by atoms with Gasteiger partial charge in [-0.25, -0.2) is 4.79 Å². The Morgan fingerprint density at radius 2 is 2.13 bits per heavy atom. The molecule has 2 aliphatic heterocycles. The third-order valence-electron chi connectivity index (χ3n) is 4.18. The molecule has 128 valence electrons. The van der Waals surface area contributed by atoms with Crippen molar-refractivity contribution in [3.63, 3.8) is 0 Å². The van der Waals surface area contributed by atoms with Crippen molar-refractivity contribution in [2.24, 2.45) is 17.3 Å². The monoisotopic (exact) mass is 326 g/mol. The summed E-state index contributed by atoms with van der Waals surface area (Å²) in [7, 11) is 0. The zero-order valence-electron chi connectivity index (χ0n) is 13.8. The van der Waals surface area contributed by atoms with Gasteiger partial charge in [-0.05, 0) is 18.9 Å². The van der Waals surface area contributed by atoms with Crippen molar-refractivity contribution in [3.05, 3.63) is 11.8 Å². The lowest BCUT2D eigenvalue weighted by Gasteiger charge is -2.42. The summed E-state index contributed by atoms with van der Waals surface area (Å²) in [4.78, 5) is 35.9. The normalized spacial score (nSPS) is 29.8. The molecule has 23 heavy (non-hydrogen) atoms. The van der Waals surface area contributed by atoms with Crippen molar-refractivity contribution in [1.29, 1.82) is 0 Å². The highest BCUT2D eigenvalue weighted by molar-refractivity contribution is 5.88. The molecule has 0 aromatic heterocycles. The van der Waals surface area contributed by atoms with Crippen LogP contribution in [0, 0.1) is 17.3 Å². The van der Waals surface area contributed by atoms with Crippen molar-refractivity contribution in [1.82, 2.24) is 0 Å². The summed E-state index contributed by atoms with van der Waals surface area (Å²) in [6.45, 7) is 7.18. The van der Waals surface area contributed by atoms with Gasteiger partial charge in [-0.2, -0.15) is 0 Å². The van der Waals surface area contributed by atoms with Crippen LogP contribution in [-0.4, -0.2) is 37.4 Å². The van der Waals surface area contributed by atoms with E-state index in [-0.39, 0.29) is 30.8 Å². The second kappa shape index (κ2) is 6.60. The average molecular weight is 326 g/mol. The van der Waals surface area contributed by atoms with Gasteiger partial charge in [0.25, 0.3) is 6.29 Å². The summed E-state index contributed by atoms with van der Waals surface area (Å²) in [5, 5.41) is 0. The Bertz CT molecular complexity index is 537. The molecule has 2 rings (SSSR count). The summed E-state index contributed by atoms with van der Waals surface area (Å²) in [5.41, 5.74) is -1.13. The molecule has 0 N–H and O–H groups in total. The summed E-state index contributed by atoms with van der Waals surface area (Å²) < 4.78 is 20.8. The number of cyclic esters (lactones) is 1. The maximum Gasteiger partial charge on any atom is 0.373 e. The lowest BCUT2D eigenvalue weighted by Crippen LogP contribution is -2.52. The summed E-state index contributed by atoms with van der Waals surface area (Å²) >= 11 is 0. The van der Waals surface area contributed by atoms with Crippen LogP contribution >= 0.6 is 0 Å². The van der Waals surface area contributed by atoms with Crippen LogP contribution in [0.1, 0.15) is 34.1 Å². The van der Waals surface area contributed by atoms with Gasteiger partial charge in [0.2, 0.25) is 5.76 Å². The van der Waals surface area contributed by atoms with E-state index in [9.17, 15) is 14.4 Å². The van der Waals surface area contributed by atoms with Crippen LogP contribution in [0.15, 0.2) is 11.8 Å². The first kappa shape index (κ1) is 17.3. The minimum absolute atomic E-state index is 0.00651. The van der Waals surface area contributed by atoms with Crippen molar-refractivity contribution >= 4 is 17.9 Å². The quantitative estimate of drug-likeness (QED) is 0.572. The van der Waals surface area contributed by atoms with E-state index in [0.717, 1.165) is 0 Å². The zero-order chi connectivity index (χ0) is 17.2. The molecule has 7 heteroatoms. The van der Waals surface area contributed by atoms with Gasteiger partial charge in [-0.15, -0.1) is 0 Å². The van der Waals surface area contributed by atoms with Crippen molar-refractivity contribution in [2.75, 3.05) is 13.2 Å². The van der Waals surface area contributed by atoms with Gasteiger partial charge in [0.05, 0.1) is 13.2 Å². The molecule has 3 atom stereocenters. The highest BCUT2D eigenvalue weighted by atomic mass is 16.7. The third kappa shape index (κ3) is 3.04. The molecule has 2 aliphatic rings. The SMILES string of the molecule is CCOC(=O)C1=C[C@@H](C(C)C)[C@@]2(CCOC2=O)[C@@H](OC(C)=O)O1. The number of rotatable bonds is 4.